The molecule has 148 valence electrons. The predicted molar refractivity (Wildman–Crippen MR) is 109 cm³/mol. The van der Waals surface area contributed by atoms with Crippen molar-refractivity contribution in [1.82, 2.24) is 4.90 Å². The lowest BCUT2D eigenvalue weighted by Crippen LogP contribution is -2.35. The number of aliphatic hydroxyl groups is 1. The van der Waals surface area contributed by atoms with Gasteiger partial charge in [-0.3, -0.25) is 4.90 Å². The Hall–Kier alpha value is -2.47. The predicted octanol–water partition coefficient (Wildman–Crippen LogP) is 4.38. The molecule has 28 heavy (non-hydrogen) atoms. The molecule has 0 saturated heterocycles. The summed E-state index contributed by atoms with van der Waals surface area (Å²) < 4.78 is 16.4. The van der Waals surface area contributed by atoms with Gasteiger partial charge >= 0.3 is 0 Å². The van der Waals surface area contributed by atoms with E-state index in [1.165, 1.54) is 0 Å². The second-order valence-electron chi connectivity index (χ2n) is 6.52. The smallest absolute Gasteiger partial charge is 0.119 e. The van der Waals surface area contributed by atoms with Gasteiger partial charge in [0.15, 0.2) is 0 Å². The van der Waals surface area contributed by atoms with E-state index in [0.29, 0.717) is 30.4 Å². The van der Waals surface area contributed by atoms with E-state index in [2.05, 4.69) is 4.90 Å². The molecular formula is C22H24ClNO4. The van der Waals surface area contributed by atoms with E-state index < -0.39 is 6.10 Å². The molecule has 5 nitrogen and oxygen atoms in total. The van der Waals surface area contributed by atoms with Crippen molar-refractivity contribution in [1.29, 1.82) is 0 Å². The van der Waals surface area contributed by atoms with Gasteiger partial charge in [-0.05, 0) is 54.1 Å². The number of rotatable bonds is 10. The molecule has 1 atom stereocenters. The van der Waals surface area contributed by atoms with Gasteiger partial charge in [-0.25, -0.2) is 0 Å². The molecule has 3 rings (SSSR count). The Kier molecular flexibility index (Phi) is 7.37. The molecule has 0 saturated carbocycles. The summed E-state index contributed by atoms with van der Waals surface area (Å²) >= 11 is 5.88. The SMILES string of the molecule is COc1cccc(CN(Cc2ccco2)C[C@@H](O)COc2ccc(Cl)cc2)c1. The first-order chi connectivity index (χ1) is 13.6. The first-order valence-electron chi connectivity index (χ1n) is 9.06. The van der Waals surface area contributed by atoms with Crippen LogP contribution in [0.3, 0.4) is 0 Å². The molecule has 6 heteroatoms. The Morgan fingerprint density at radius 1 is 1.04 bits per heavy atom. The van der Waals surface area contributed by atoms with Crippen LogP contribution in [0.25, 0.3) is 0 Å². The van der Waals surface area contributed by atoms with Crippen molar-refractivity contribution in [3.8, 4) is 11.5 Å². The van der Waals surface area contributed by atoms with E-state index in [-0.39, 0.29) is 6.61 Å². The van der Waals surface area contributed by atoms with Crippen LogP contribution in [-0.2, 0) is 13.1 Å². The third kappa shape index (κ3) is 6.30. The fourth-order valence-electron chi connectivity index (χ4n) is 2.91. The van der Waals surface area contributed by atoms with Crippen LogP contribution in [0.5, 0.6) is 11.5 Å². The van der Waals surface area contributed by atoms with Crippen molar-refractivity contribution in [3.63, 3.8) is 0 Å². The van der Waals surface area contributed by atoms with E-state index in [1.54, 1.807) is 37.6 Å². The van der Waals surface area contributed by atoms with Crippen LogP contribution >= 0.6 is 11.6 Å². The van der Waals surface area contributed by atoms with Crippen molar-refractivity contribution < 1.29 is 19.0 Å². The molecular weight excluding hydrogens is 378 g/mol. The summed E-state index contributed by atoms with van der Waals surface area (Å²) in [6, 6.07) is 18.8. The van der Waals surface area contributed by atoms with E-state index >= 15 is 0 Å². The third-order valence-corrected chi connectivity index (χ3v) is 4.48. The van der Waals surface area contributed by atoms with Crippen molar-refractivity contribution in [2.45, 2.75) is 19.2 Å². The highest BCUT2D eigenvalue weighted by molar-refractivity contribution is 6.30. The lowest BCUT2D eigenvalue weighted by Gasteiger charge is -2.24. The molecule has 0 amide bonds. The number of ether oxygens (including phenoxy) is 2. The van der Waals surface area contributed by atoms with Crippen LogP contribution in [-0.4, -0.2) is 36.4 Å². The highest BCUT2D eigenvalue weighted by atomic mass is 35.5. The first-order valence-corrected chi connectivity index (χ1v) is 9.44. The summed E-state index contributed by atoms with van der Waals surface area (Å²) in [6.45, 7) is 1.86. The zero-order valence-corrected chi connectivity index (χ0v) is 16.5. The number of hydrogen-bond acceptors (Lipinski definition) is 5. The fraction of sp³-hybridized carbons (Fsp3) is 0.273. The van der Waals surface area contributed by atoms with Crippen LogP contribution in [0.4, 0.5) is 0 Å². The van der Waals surface area contributed by atoms with Gasteiger partial charge in [0.2, 0.25) is 0 Å². The fourth-order valence-corrected chi connectivity index (χ4v) is 3.04. The average molecular weight is 402 g/mol. The standard InChI is InChI=1S/C22H24ClNO4/c1-26-21-5-2-4-17(12-21)13-24(15-22-6-3-11-27-22)14-19(25)16-28-20-9-7-18(23)8-10-20/h2-12,19,25H,13-16H2,1H3/t19-/m1/s1. The zero-order valence-electron chi connectivity index (χ0n) is 15.8. The molecule has 0 aliphatic heterocycles. The Bertz CT molecular complexity index is 836. The van der Waals surface area contributed by atoms with E-state index in [1.807, 2.05) is 36.4 Å². The first kappa shape index (κ1) is 20.3. The third-order valence-electron chi connectivity index (χ3n) is 4.22. The van der Waals surface area contributed by atoms with Crippen LogP contribution in [0.2, 0.25) is 5.02 Å². The van der Waals surface area contributed by atoms with Crippen LogP contribution in [0.1, 0.15) is 11.3 Å². The van der Waals surface area contributed by atoms with Gasteiger partial charge in [0, 0.05) is 18.1 Å². The zero-order chi connectivity index (χ0) is 19.8. The van der Waals surface area contributed by atoms with Gasteiger partial charge in [0.25, 0.3) is 0 Å². The lowest BCUT2D eigenvalue weighted by atomic mass is 10.2. The van der Waals surface area contributed by atoms with Gasteiger partial charge in [-0.2, -0.15) is 0 Å². The molecule has 0 aliphatic rings. The van der Waals surface area contributed by atoms with Crippen molar-refractivity contribution in [3.05, 3.63) is 83.3 Å². The van der Waals surface area contributed by atoms with Crippen LogP contribution < -0.4 is 9.47 Å². The van der Waals surface area contributed by atoms with Gasteiger partial charge in [-0.15, -0.1) is 0 Å². The minimum Gasteiger partial charge on any atom is -0.497 e. The maximum absolute atomic E-state index is 10.5. The molecule has 1 aromatic heterocycles. The van der Waals surface area contributed by atoms with Crippen LogP contribution in [0.15, 0.2) is 71.3 Å². The minimum absolute atomic E-state index is 0.189. The second-order valence-corrected chi connectivity index (χ2v) is 6.96. The molecule has 3 aromatic rings. The molecule has 0 aliphatic carbocycles. The summed E-state index contributed by atoms with van der Waals surface area (Å²) in [5, 5.41) is 11.1. The Balaban J connectivity index is 1.61. The monoisotopic (exact) mass is 401 g/mol. The number of methoxy groups -OCH3 is 1. The normalized spacial score (nSPS) is 12.1. The van der Waals surface area contributed by atoms with Crippen LogP contribution in [0, 0.1) is 0 Å². The lowest BCUT2D eigenvalue weighted by molar-refractivity contribution is 0.0604. The number of nitrogens with zero attached hydrogens (tertiary/aromatic N) is 1. The summed E-state index contributed by atoms with van der Waals surface area (Å²) in [5.74, 6) is 2.32. The molecule has 0 spiro atoms. The maximum atomic E-state index is 10.5. The van der Waals surface area contributed by atoms with E-state index in [0.717, 1.165) is 17.1 Å². The molecule has 0 fully saturated rings. The molecule has 0 radical (unpaired) electrons. The van der Waals surface area contributed by atoms with E-state index in [4.69, 9.17) is 25.5 Å². The second kappa shape index (κ2) is 10.2. The highest BCUT2D eigenvalue weighted by Gasteiger charge is 2.15. The number of aliphatic hydroxyl groups excluding tert-OH is 1. The number of halogens is 1. The maximum Gasteiger partial charge on any atom is 0.119 e. The molecule has 1 heterocycles. The van der Waals surface area contributed by atoms with Gasteiger partial charge < -0.3 is 19.0 Å². The Morgan fingerprint density at radius 3 is 2.57 bits per heavy atom. The summed E-state index contributed by atoms with van der Waals surface area (Å²) in [6.07, 6.45) is 0.996. The summed E-state index contributed by atoms with van der Waals surface area (Å²) in [5.41, 5.74) is 1.09. The molecule has 0 unspecified atom stereocenters. The number of benzene rings is 2. The number of furan rings is 1. The van der Waals surface area contributed by atoms with Crippen molar-refractivity contribution in [2.75, 3.05) is 20.3 Å². The number of hydrogen-bond donors (Lipinski definition) is 1. The Labute approximate surface area is 170 Å². The molecule has 0 bridgehead atoms. The van der Waals surface area contributed by atoms with Crippen molar-refractivity contribution in [2.24, 2.45) is 0 Å². The topological polar surface area (TPSA) is 55.1 Å². The van der Waals surface area contributed by atoms with E-state index in [9.17, 15) is 5.11 Å². The largest absolute Gasteiger partial charge is 0.497 e. The van der Waals surface area contributed by atoms with Gasteiger partial charge in [0.1, 0.15) is 30.0 Å². The minimum atomic E-state index is -0.656. The van der Waals surface area contributed by atoms with Gasteiger partial charge in [-0.1, -0.05) is 23.7 Å². The average Bonchev–Trinajstić information content (AvgIpc) is 3.20. The van der Waals surface area contributed by atoms with Gasteiger partial charge in [0.05, 0.1) is 19.9 Å². The summed E-state index contributed by atoms with van der Waals surface area (Å²) in [7, 11) is 1.65. The highest BCUT2D eigenvalue weighted by Crippen LogP contribution is 2.18. The molecule has 2 aromatic carbocycles. The Morgan fingerprint density at radius 2 is 1.86 bits per heavy atom. The van der Waals surface area contributed by atoms with Crippen molar-refractivity contribution >= 4 is 11.6 Å². The summed E-state index contributed by atoms with van der Waals surface area (Å²) in [4.78, 5) is 2.11. The molecule has 1 N–H and O–H groups in total. The quantitative estimate of drug-likeness (QED) is 0.546.